The highest BCUT2D eigenvalue weighted by atomic mass is 16.5. The van der Waals surface area contributed by atoms with Crippen LogP contribution in [0.25, 0.3) is 0 Å². The second-order valence-corrected chi connectivity index (χ2v) is 7.94. The van der Waals surface area contributed by atoms with E-state index in [0.29, 0.717) is 12.3 Å². The second-order valence-electron chi connectivity index (χ2n) is 7.94. The molecule has 0 saturated carbocycles. The molecule has 29 heavy (non-hydrogen) atoms. The zero-order valence-electron chi connectivity index (χ0n) is 16.6. The van der Waals surface area contributed by atoms with Gasteiger partial charge in [-0.05, 0) is 37.0 Å². The molecule has 0 unspecified atom stereocenters. The van der Waals surface area contributed by atoms with Gasteiger partial charge >= 0.3 is 0 Å². The summed E-state index contributed by atoms with van der Waals surface area (Å²) in [6.07, 6.45) is 7.69. The molecule has 0 aliphatic carbocycles. The number of likely N-dealkylation sites (tertiary alicyclic amines) is 2. The molecule has 0 spiro atoms. The molecule has 3 heterocycles. The molecular weight excluding hydrogens is 368 g/mol. The Morgan fingerprint density at radius 1 is 1.14 bits per heavy atom. The molecule has 1 amide bonds. The number of carbonyl (C=O) groups is 1. The maximum atomic E-state index is 12.1. The number of rotatable bonds is 7. The van der Waals surface area contributed by atoms with Gasteiger partial charge in [0.1, 0.15) is 5.75 Å². The fourth-order valence-corrected chi connectivity index (χ4v) is 4.13. The highest BCUT2D eigenvalue weighted by Gasteiger charge is 2.31. The van der Waals surface area contributed by atoms with Crippen LogP contribution < -0.4 is 4.74 Å². The lowest BCUT2D eigenvalue weighted by atomic mass is 10.0. The predicted octanol–water partition coefficient (Wildman–Crippen LogP) is 1.51. The lowest BCUT2D eigenvalue weighted by molar-refractivity contribution is -0.132. The molecule has 154 valence electrons. The fraction of sp³-hybridized carbons (Fsp3) is 0.500. The van der Waals surface area contributed by atoms with Gasteiger partial charge in [0.15, 0.2) is 6.61 Å². The monoisotopic (exact) mass is 396 g/mol. The molecule has 0 bridgehead atoms. The van der Waals surface area contributed by atoms with Crippen molar-refractivity contribution in [2.24, 2.45) is 5.92 Å². The first-order valence-corrected chi connectivity index (χ1v) is 10.3. The minimum atomic E-state index is -0.351. The van der Waals surface area contributed by atoms with Gasteiger partial charge in [-0.1, -0.05) is 12.1 Å². The number of β-amino-alcohol motifs (C(OH)–C–C–N with tert-alkyl or cyclic N) is 1. The van der Waals surface area contributed by atoms with E-state index in [1.165, 1.54) is 0 Å². The average molecular weight is 396 g/mol. The van der Waals surface area contributed by atoms with Crippen molar-refractivity contribution in [3.05, 3.63) is 54.1 Å². The van der Waals surface area contributed by atoms with Crippen molar-refractivity contribution >= 4 is 5.91 Å². The third kappa shape index (κ3) is 5.31. The average Bonchev–Trinajstić information content (AvgIpc) is 3.39. The number of amides is 1. The van der Waals surface area contributed by atoms with Gasteiger partial charge in [-0.15, -0.1) is 0 Å². The van der Waals surface area contributed by atoms with E-state index in [-0.39, 0.29) is 24.5 Å². The number of nitrogens with zero attached hydrogens (tertiary/aromatic N) is 4. The minimum absolute atomic E-state index is 0.0618. The zero-order valence-corrected chi connectivity index (χ0v) is 16.6. The number of hydrogen-bond donors (Lipinski definition) is 1. The van der Waals surface area contributed by atoms with Crippen molar-refractivity contribution < 1.29 is 14.6 Å². The Bertz CT molecular complexity index is 793. The largest absolute Gasteiger partial charge is 0.484 e. The van der Waals surface area contributed by atoms with Gasteiger partial charge in [-0.2, -0.15) is 0 Å². The van der Waals surface area contributed by atoms with E-state index in [1.807, 2.05) is 29.2 Å². The summed E-state index contributed by atoms with van der Waals surface area (Å²) in [5.74, 6) is 0.945. The van der Waals surface area contributed by atoms with E-state index in [1.54, 1.807) is 18.6 Å². The lowest BCUT2D eigenvalue weighted by Crippen LogP contribution is -2.32. The number of aromatic nitrogens is 2. The lowest BCUT2D eigenvalue weighted by Gasteiger charge is -2.17. The SMILES string of the molecule is O=C(COc1ccc(CN2C[C@@H](Cc3cnccn3)[C@H](O)C2)cc1)N1CCCC1. The maximum Gasteiger partial charge on any atom is 0.260 e. The molecular formula is C22H28N4O3. The van der Waals surface area contributed by atoms with E-state index < -0.39 is 0 Å². The topological polar surface area (TPSA) is 78.8 Å². The molecule has 7 heteroatoms. The van der Waals surface area contributed by atoms with Gasteiger partial charge in [0, 0.05) is 57.2 Å². The van der Waals surface area contributed by atoms with Gasteiger partial charge in [-0.25, -0.2) is 0 Å². The first kappa shape index (κ1) is 19.8. The van der Waals surface area contributed by atoms with Crippen LogP contribution in [0.5, 0.6) is 5.75 Å². The molecule has 2 saturated heterocycles. The quantitative estimate of drug-likeness (QED) is 0.764. The molecule has 2 fully saturated rings. The number of carbonyl (C=O) groups excluding carboxylic acids is 1. The first-order valence-electron chi connectivity index (χ1n) is 10.3. The van der Waals surface area contributed by atoms with E-state index in [4.69, 9.17) is 4.74 Å². The zero-order chi connectivity index (χ0) is 20.1. The highest BCUT2D eigenvalue weighted by Crippen LogP contribution is 2.23. The normalized spacial score (nSPS) is 22.2. The van der Waals surface area contributed by atoms with Crippen LogP contribution in [0.15, 0.2) is 42.9 Å². The fourth-order valence-electron chi connectivity index (χ4n) is 4.13. The summed E-state index contributed by atoms with van der Waals surface area (Å²) in [4.78, 5) is 24.6. The number of hydrogen-bond acceptors (Lipinski definition) is 6. The summed E-state index contributed by atoms with van der Waals surface area (Å²) in [6, 6.07) is 7.88. The Labute approximate surface area is 171 Å². The first-order chi connectivity index (χ1) is 14.2. The molecule has 0 radical (unpaired) electrons. The van der Waals surface area contributed by atoms with E-state index in [0.717, 1.165) is 56.7 Å². The molecule has 2 aromatic rings. The second kappa shape index (κ2) is 9.33. The number of ether oxygens (including phenoxy) is 1. The highest BCUT2D eigenvalue weighted by molar-refractivity contribution is 5.78. The van der Waals surface area contributed by atoms with Crippen molar-refractivity contribution in [2.45, 2.75) is 31.9 Å². The van der Waals surface area contributed by atoms with Crippen LogP contribution in [0.1, 0.15) is 24.1 Å². The summed E-state index contributed by atoms with van der Waals surface area (Å²) < 4.78 is 5.65. The predicted molar refractivity (Wildman–Crippen MR) is 108 cm³/mol. The van der Waals surface area contributed by atoms with Crippen molar-refractivity contribution in [3.8, 4) is 5.75 Å². The molecule has 2 aliphatic rings. The Morgan fingerprint density at radius 2 is 1.93 bits per heavy atom. The molecule has 4 rings (SSSR count). The summed E-state index contributed by atoms with van der Waals surface area (Å²) in [6.45, 7) is 4.07. The Balaban J connectivity index is 1.25. The van der Waals surface area contributed by atoms with Crippen molar-refractivity contribution in [2.75, 3.05) is 32.8 Å². The molecule has 2 aliphatic heterocycles. The number of benzene rings is 1. The van der Waals surface area contributed by atoms with Crippen LogP contribution >= 0.6 is 0 Å². The Kier molecular flexibility index (Phi) is 6.36. The summed E-state index contributed by atoms with van der Waals surface area (Å²) in [5.41, 5.74) is 2.08. The standard InChI is InChI=1S/C22H28N4O3/c27-21-15-25(14-18(21)11-19-12-23-7-8-24-19)13-17-3-5-20(6-4-17)29-16-22(28)26-9-1-2-10-26/h3-8,12,18,21,27H,1-2,9-11,13-16H2/t18-,21-/m1/s1. The van der Waals surface area contributed by atoms with Gasteiger partial charge in [0.25, 0.3) is 5.91 Å². The molecule has 7 nitrogen and oxygen atoms in total. The van der Waals surface area contributed by atoms with Gasteiger partial charge < -0.3 is 14.7 Å². The van der Waals surface area contributed by atoms with Crippen LogP contribution in [0, 0.1) is 5.92 Å². The van der Waals surface area contributed by atoms with Crippen molar-refractivity contribution in [3.63, 3.8) is 0 Å². The van der Waals surface area contributed by atoms with Crippen LogP contribution in [-0.4, -0.2) is 69.7 Å². The van der Waals surface area contributed by atoms with Gasteiger partial charge in [0.05, 0.1) is 11.8 Å². The van der Waals surface area contributed by atoms with E-state index >= 15 is 0 Å². The molecule has 2 atom stereocenters. The maximum absolute atomic E-state index is 12.1. The molecule has 1 aromatic carbocycles. The molecule has 1 N–H and O–H groups in total. The van der Waals surface area contributed by atoms with E-state index in [2.05, 4.69) is 14.9 Å². The van der Waals surface area contributed by atoms with Crippen LogP contribution in [-0.2, 0) is 17.8 Å². The van der Waals surface area contributed by atoms with Crippen LogP contribution in [0.4, 0.5) is 0 Å². The van der Waals surface area contributed by atoms with Crippen LogP contribution in [0.3, 0.4) is 0 Å². The van der Waals surface area contributed by atoms with Crippen molar-refractivity contribution in [1.29, 1.82) is 0 Å². The third-order valence-electron chi connectivity index (χ3n) is 5.72. The van der Waals surface area contributed by atoms with E-state index in [9.17, 15) is 9.90 Å². The smallest absolute Gasteiger partial charge is 0.260 e. The summed E-state index contributed by atoms with van der Waals surface area (Å²) >= 11 is 0. The number of aliphatic hydroxyl groups excluding tert-OH is 1. The minimum Gasteiger partial charge on any atom is -0.484 e. The molecule has 1 aromatic heterocycles. The summed E-state index contributed by atoms with van der Waals surface area (Å²) in [7, 11) is 0. The van der Waals surface area contributed by atoms with Gasteiger partial charge in [0.2, 0.25) is 0 Å². The van der Waals surface area contributed by atoms with Crippen molar-refractivity contribution in [1.82, 2.24) is 19.8 Å². The summed E-state index contributed by atoms with van der Waals surface area (Å²) in [5, 5.41) is 10.4. The van der Waals surface area contributed by atoms with Gasteiger partial charge in [-0.3, -0.25) is 19.7 Å². The Hall–Kier alpha value is -2.51. The number of aliphatic hydroxyl groups is 1. The third-order valence-corrected chi connectivity index (χ3v) is 5.72. The van der Waals surface area contributed by atoms with Crippen LogP contribution in [0.2, 0.25) is 0 Å². The Morgan fingerprint density at radius 3 is 2.66 bits per heavy atom.